The molecule has 2 heterocycles. The molecular weight excluding hydrogens is 220 g/mol. The van der Waals surface area contributed by atoms with Crippen molar-refractivity contribution in [1.29, 1.82) is 0 Å². The van der Waals surface area contributed by atoms with Crippen molar-refractivity contribution in [2.45, 2.75) is 57.8 Å². The van der Waals surface area contributed by atoms with Gasteiger partial charge >= 0.3 is 0 Å². The standard InChI is InChI=1S/C12H20N2O3/c1-4-9-12(16)14(7(2)11(15)13-9)10-5-6-17-8(10)3/h7-10H,4-6H2,1-3H3,(H,13,15). The zero-order valence-corrected chi connectivity index (χ0v) is 10.6. The highest BCUT2D eigenvalue weighted by molar-refractivity contribution is 5.96. The Morgan fingerprint density at radius 1 is 1.41 bits per heavy atom. The Morgan fingerprint density at radius 2 is 2.12 bits per heavy atom. The number of piperazine rings is 1. The summed E-state index contributed by atoms with van der Waals surface area (Å²) in [6.45, 7) is 6.32. The van der Waals surface area contributed by atoms with Crippen molar-refractivity contribution >= 4 is 11.8 Å². The minimum atomic E-state index is -0.389. The van der Waals surface area contributed by atoms with Crippen molar-refractivity contribution < 1.29 is 14.3 Å². The molecule has 5 nitrogen and oxygen atoms in total. The van der Waals surface area contributed by atoms with E-state index < -0.39 is 0 Å². The number of amides is 2. The molecule has 0 spiro atoms. The zero-order chi connectivity index (χ0) is 12.6. The molecule has 2 fully saturated rings. The Bertz CT molecular complexity index is 332. The Kier molecular flexibility index (Phi) is 3.38. The van der Waals surface area contributed by atoms with Crippen molar-refractivity contribution in [2.75, 3.05) is 6.61 Å². The first-order chi connectivity index (χ1) is 8.06. The van der Waals surface area contributed by atoms with Crippen LogP contribution in [0.2, 0.25) is 0 Å². The molecule has 0 bridgehead atoms. The fourth-order valence-corrected chi connectivity index (χ4v) is 2.66. The zero-order valence-electron chi connectivity index (χ0n) is 10.6. The third-order valence-electron chi connectivity index (χ3n) is 3.77. The van der Waals surface area contributed by atoms with Crippen molar-refractivity contribution in [3.8, 4) is 0 Å². The van der Waals surface area contributed by atoms with Gasteiger partial charge in [-0.05, 0) is 26.7 Å². The molecule has 2 amide bonds. The van der Waals surface area contributed by atoms with Crippen LogP contribution in [0.3, 0.4) is 0 Å². The molecule has 17 heavy (non-hydrogen) atoms. The van der Waals surface area contributed by atoms with Gasteiger partial charge in [0.25, 0.3) is 0 Å². The van der Waals surface area contributed by atoms with Gasteiger partial charge in [-0.3, -0.25) is 9.59 Å². The summed E-state index contributed by atoms with van der Waals surface area (Å²) >= 11 is 0. The van der Waals surface area contributed by atoms with Crippen LogP contribution >= 0.6 is 0 Å². The number of ether oxygens (including phenoxy) is 1. The predicted molar refractivity (Wildman–Crippen MR) is 62.3 cm³/mol. The second kappa shape index (κ2) is 4.64. The Balaban J connectivity index is 2.22. The van der Waals surface area contributed by atoms with E-state index in [4.69, 9.17) is 4.74 Å². The van der Waals surface area contributed by atoms with Gasteiger partial charge in [0, 0.05) is 6.61 Å². The maximum absolute atomic E-state index is 12.3. The smallest absolute Gasteiger partial charge is 0.246 e. The number of hydrogen-bond donors (Lipinski definition) is 1. The van der Waals surface area contributed by atoms with Gasteiger partial charge in [0.1, 0.15) is 12.1 Å². The summed E-state index contributed by atoms with van der Waals surface area (Å²) in [5.74, 6) is -0.0301. The van der Waals surface area contributed by atoms with Gasteiger partial charge < -0.3 is 15.0 Å². The number of nitrogens with one attached hydrogen (secondary N) is 1. The molecule has 2 aliphatic heterocycles. The number of nitrogens with zero attached hydrogens (tertiary/aromatic N) is 1. The van der Waals surface area contributed by atoms with Crippen LogP contribution in [0.25, 0.3) is 0 Å². The lowest BCUT2D eigenvalue weighted by Gasteiger charge is -2.41. The maximum Gasteiger partial charge on any atom is 0.246 e. The van der Waals surface area contributed by atoms with E-state index in [2.05, 4.69) is 5.32 Å². The summed E-state index contributed by atoms with van der Waals surface area (Å²) in [5.41, 5.74) is 0. The molecule has 0 aromatic heterocycles. The monoisotopic (exact) mass is 240 g/mol. The third kappa shape index (κ3) is 2.04. The lowest BCUT2D eigenvalue weighted by molar-refractivity contribution is -0.152. The van der Waals surface area contributed by atoms with Gasteiger partial charge in [0.05, 0.1) is 12.1 Å². The van der Waals surface area contributed by atoms with Crippen LogP contribution in [0.15, 0.2) is 0 Å². The third-order valence-corrected chi connectivity index (χ3v) is 3.77. The predicted octanol–water partition coefficient (Wildman–Crippen LogP) is 0.289. The van der Waals surface area contributed by atoms with E-state index in [-0.39, 0.29) is 36.0 Å². The summed E-state index contributed by atoms with van der Waals surface area (Å²) in [4.78, 5) is 25.9. The molecule has 0 aromatic carbocycles. The Labute approximate surface area is 101 Å². The number of carbonyl (C=O) groups excluding carboxylic acids is 2. The molecule has 0 saturated carbocycles. The summed E-state index contributed by atoms with van der Waals surface area (Å²) < 4.78 is 5.49. The quantitative estimate of drug-likeness (QED) is 0.754. The lowest BCUT2D eigenvalue weighted by Crippen LogP contribution is -2.65. The van der Waals surface area contributed by atoms with Crippen molar-refractivity contribution in [1.82, 2.24) is 10.2 Å². The lowest BCUT2D eigenvalue weighted by atomic mass is 10.0. The van der Waals surface area contributed by atoms with E-state index in [0.717, 1.165) is 6.42 Å². The van der Waals surface area contributed by atoms with Crippen LogP contribution < -0.4 is 5.32 Å². The van der Waals surface area contributed by atoms with Gasteiger partial charge in [-0.1, -0.05) is 6.92 Å². The molecule has 5 heteroatoms. The first-order valence-corrected chi connectivity index (χ1v) is 6.30. The normalized spacial score (nSPS) is 38.4. The number of rotatable bonds is 2. The second-order valence-electron chi connectivity index (χ2n) is 4.82. The highest BCUT2D eigenvalue weighted by atomic mass is 16.5. The first-order valence-electron chi connectivity index (χ1n) is 6.30. The highest BCUT2D eigenvalue weighted by Crippen LogP contribution is 2.25. The van der Waals surface area contributed by atoms with E-state index in [1.807, 2.05) is 13.8 Å². The average Bonchev–Trinajstić information content (AvgIpc) is 2.71. The van der Waals surface area contributed by atoms with E-state index >= 15 is 0 Å². The number of hydrogen-bond acceptors (Lipinski definition) is 3. The molecule has 0 aliphatic carbocycles. The highest BCUT2D eigenvalue weighted by Gasteiger charge is 2.44. The van der Waals surface area contributed by atoms with Crippen LogP contribution in [0.5, 0.6) is 0 Å². The van der Waals surface area contributed by atoms with Gasteiger partial charge in [0.2, 0.25) is 11.8 Å². The van der Waals surface area contributed by atoms with Gasteiger partial charge in [-0.2, -0.15) is 0 Å². The van der Waals surface area contributed by atoms with Gasteiger partial charge in [-0.15, -0.1) is 0 Å². The second-order valence-corrected chi connectivity index (χ2v) is 4.82. The molecule has 2 aliphatic rings. The van der Waals surface area contributed by atoms with Gasteiger partial charge in [-0.25, -0.2) is 0 Å². The van der Waals surface area contributed by atoms with E-state index in [1.54, 1.807) is 11.8 Å². The van der Waals surface area contributed by atoms with Crippen LogP contribution in [-0.4, -0.2) is 47.6 Å². The molecule has 4 atom stereocenters. The van der Waals surface area contributed by atoms with Crippen LogP contribution in [-0.2, 0) is 14.3 Å². The van der Waals surface area contributed by atoms with E-state index in [9.17, 15) is 9.59 Å². The average molecular weight is 240 g/mol. The topological polar surface area (TPSA) is 58.6 Å². The largest absolute Gasteiger partial charge is 0.376 e. The molecule has 96 valence electrons. The minimum absolute atomic E-state index is 0.0183. The van der Waals surface area contributed by atoms with Crippen molar-refractivity contribution in [3.63, 3.8) is 0 Å². The molecular formula is C12H20N2O3. The molecule has 0 radical (unpaired) electrons. The fourth-order valence-electron chi connectivity index (χ4n) is 2.66. The van der Waals surface area contributed by atoms with Crippen molar-refractivity contribution in [3.05, 3.63) is 0 Å². The summed E-state index contributed by atoms with van der Waals surface area (Å²) in [5, 5.41) is 2.76. The number of carbonyl (C=O) groups is 2. The Morgan fingerprint density at radius 3 is 2.65 bits per heavy atom. The molecule has 1 N–H and O–H groups in total. The maximum atomic E-state index is 12.3. The Hall–Kier alpha value is -1.10. The van der Waals surface area contributed by atoms with Gasteiger partial charge in [0.15, 0.2) is 0 Å². The molecule has 2 rings (SSSR count). The summed E-state index contributed by atoms with van der Waals surface area (Å²) in [6, 6.07) is -0.719. The van der Waals surface area contributed by atoms with Crippen molar-refractivity contribution in [2.24, 2.45) is 0 Å². The summed E-state index contributed by atoms with van der Waals surface area (Å²) in [6.07, 6.45) is 1.47. The van der Waals surface area contributed by atoms with Crippen LogP contribution in [0.1, 0.15) is 33.6 Å². The SMILES string of the molecule is CCC1NC(=O)C(C)N(C2CCOC2C)C1=O. The van der Waals surface area contributed by atoms with E-state index in [1.165, 1.54) is 0 Å². The minimum Gasteiger partial charge on any atom is -0.376 e. The van der Waals surface area contributed by atoms with Crippen LogP contribution in [0, 0.1) is 0 Å². The molecule has 0 aromatic rings. The first kappa shape index (κ1) is 12.4. The fraction of sp³-hybridized carbons (Fsp3) is 0.833. The summed E-state index contributed by atoms with van der Waals surface area (Å²) in [7, 11) is 0. The molecule has 4 unspecified atom stereocenters. The molecule has 2 saturated heterocycles. The van der Waals surface area contributed by atoms with E-state index in [0.29, 0.717) is 13.0 Å². The van der Waals surface area contributed by atoms with Crippen LogP contribution in [0.4, 0.5) is 0 Å².